The molecule has 0 saturated carbocycles. The first-order valence-electron chi connectivity index (χ1n) is 3.96. The van der Waals surface area contributed by atoms with Gasteiger partial charge in [0.1, 0.15) is 11.6 Å². The Morgan fingerprint density at radius 3 is 2.41 bits per heavy atom. The summed E-state index contributed by atoms with van der Waals surface area (Å²) in [5.74, 6) is -1.36. The number of hydrogen-bond donors (Lipinski definition) is 1. The minimum atomic E-state index is -5.19. The lowest BCUT2D eigenvalue weighted by Crippen LogP contribution is -2.24. The lowest BCUT2D eigenvalue weighted by atomic mass is 10.2. The molecule has 4 nitrogen and oxygen atoms in total. The van der Waals surface area contributed by atoms with Crippen LogP contribution in [0, 0.1) is 11.3 Å². The first kappa shape index (κ1) is 13.0. The fourth-order valence-corrected chi connectivity index (χ4v) is 0.985. The van der Waals surface area contributed by atoms with Gasteiger partial charge in [-0.1, -0.05) is 0 Å². The fraction of sp³-hybridized carbons (Fsp3) is 0.250. The molecule has 0 fully saturated rings. The summed E-state index contributed by atoms with van der Waals surface area (Å²) in [7, 11) is 0. The van der Waals surface area contributed by atoms with E-state index in [4.69, 9.17) is 5.26 Å². The van der Waals surface area contributed by atoms with Crippen LogP contribution in [0.1, 0.15) is 17.7 Å². The average Bonchev–Trinajstić information content (AvgIpc) is 2.18. The number of H-pyrrole nitrogens is 1. The first-order valence-corrected chi connectivity index (χ1v) is 3.96. The van der Waals surface area contributed by atoms with Crippen LogP contribution in [0.5, 0.6) is 5.75 Å². The number of aromatic nitrogens is 1. The predicted octanol–water partition coefficient (Wildman–Crippen LogP) is 2.08. The van der Waals surface area contributed by atoms with Crippen molar-refractivity contribution in [1.82, 2.24) is 4.98 Å². The van der Waals surface area contributed by atoms with Crippen molar-refractivity contribution >= 4 is 0 Å². The van der Waals surface area contributed by atoms with Crippen LogP contribution in [0.15, 0.2) is 10.9 Å². The Labute approximate surface area is 90.2 Å². The highest BCUT2D eigenvalue weighted by molar-refractivity contribution is 5.42. The van der Waals surface area contributed by atoms with Crippen LogP contribution in [0.3, 0.4) is 0 Å². The minimum absolute atomic E-state index is 0.424. The Morgan fingerprint density at radius 1 is 1.41 bits per heavy atom. The third kappa shape index (κ3) is 3.17. The second kappa shape index (κ2) is 4.40. The maximum absolute atomic E-state index is 12.2. The smallest absolute Gasteiger partial charge is 0.398 e. The van der Waals surface area contributed by atoms with E-state index in [0.717, 1.165) is 0 Å². The number of nitrogens with zero attached hydrogens (tertiary/aromatic N) is 1. The monoisotopic (exact) mass is 254 g/mol. The zero-order valence-corrected chi connectivity index (χ0v) is 7.81. The maximum Gasteiger partial charge on any atom is 0.573 e. The molecule has 0 amide bonds. The van der Waals surface area contributed by atoms with E-state index in [-0.39, 0.29) is 0 Å². The maximum atomic E-state index is 12.2. The molecular formula is C8H3F5N2O2. The lowest BCUT2D eigenvalue weighted by Gasteiger charge is -2.10. The number of halogens is 5. The number of pyridine rings is 1. The summed E-state index contributed by atoms with van der Waals surface area (Å²) in [4.78, 5) is 12.5. The van der Waals surface area contributed by atoms with E-state index in [2.05, 4.69) is 4.74 Å². The molecule has 92 valence electrons. The van der Waals surface area contributed by atoms with Gasteiger partial charge in [-0.2, -0.15) is 5.26 Å². The molecule has 0 unspecified atom stereocenters. The Hall–Kier alpha value is -2.11. The Kier molecular flexibility index (Phi) is 3.36. The van der Waals surface area contributed by atoms with Crippen LogP contribution >= 0.6 is 0 Å². The molecule has 0 aliphatic rings. The molecule has 1 rings (SSSR count). The summed E-state index contributed by atoms with van der Waals surface area (Å²) in [5, 5.41) is 8.45. The number of aromatic amines is 1. The molecule has 1 aromatic rings. The van der Waals surface area contributed by atoms with Crippen molar-refractivity contribution in [3.05, 3.63) is 27.7 Å². The molecule has 1 aromatic heterocycles. The normalized spacial score (nSPS) is 11.4. The molecule has 0 saturated heterocycles. The number of nitriles is 1. The Balaban J connectivity index is 3.33. The van der Waals surface area contributed by atoms with E-state index in [1.165, 1.54) is 11.1 Å². The van der Waals surface area contributed by atoms with Crippen molar-refractivity contribution in [1.29, 1.82) is 5.26 Å². The van der Waals surface area contributed by atoms with Gasteiger partial charge in [-0.15, -0.1) is 13.2 Å². The molecule has 9 heteroatoms. The Bertz CT molecular complexity index is 514. The first-order chi connectivity index (χ1) is 7.74. The molecule has 17 heavy (non-hydrogen) atoms. The summed E-state index contributed by atoms with van der Waals surface area (Å²) < 4.78 is 63.3. The number of rotatable bonds is 2. The second-order valence-electron chi connectivity index (χ2n) is 2.76. The summed E-state index contributed by atoms with van der Waals surface area (Å²) in [5.41, 5.74) is -3.42. The molecule has 0 aromatic carbocycles. The lowest BCUT2D eigenvalue weighted by molar-refractivity contribution is -0.275. The third-order valence-corrected chi connectivity index (χ3v) is 1.58. The molecule has 0 aliphatic heterocycles. The summed E-state index contributed by atoms with van der Waals surface area (Å²) in [6.07, 6.45) is -8.31. The van der Waals surface area contributed by atoms with Crippen LogP contribution < -0.4 is 10.3 Å². The van der Waals surface area contributed by atoms with Crippen molar-refractivity contribution in [3.8, 4) is 11.8 Å². The quantitative estimate of drug-likeness (QED) is 0.821. The topological polar surface area (TPSA) is 65.9 Å². The summed E-state index contributed by atoms with van der Waals surface area (Å²) in [6.45, 7) is 0. The standard InChI is InChI=1S/C8H3F5N2O2/c9-6(10)4-1-3(2-14)5(7(16)15-4)17-8(11,12)13/h1,6H,(H,15,16). The fourth-order valence-electron chi connectivity index (χ4n) is 0.985. The zero-order valence-electron chi connectivity index (χ0n) is 7.81. The highest BCUT2D eigenvalue weighted by atomic mass is 19.4. The van der Waals surface area contributed by atoms with Gasteiger partial charge in [-0.3, -0.25) is 4.79 Å². The third-order valence-electron chi connectivity index (χ3n) is 1.58. The summed E-state index contributed by atoms with van der Waals surface area (Å²) in [6, 6.07) is 1.60. The molecule has 0 bridgehead atoms. The van der Waals surface area contributed by atoms with Gasteiger partial charge >= 0.3 is 6.36 Å². The SMILES string of the molecule is N#Cc1cc(C(F)F)[nH]c(=O)c1OC(F)(F)F. The van der Waals surface area contributed by atoms with Gasteiger partial charge in [0, 0.05) is 0 Å². The van der Waals surface area contributed by atoms with Crippen molar-refractivity contribution < 1.29 is 26.7 Å². The van der Waals surface area contributed by atoms with Crippen LogP contribution in [0.2, 0.25) is 0 Å². The molecule has 1 heterocycles. The molecule has 1 N–H and O–H groups in total. The van der Waals surface area contributed by atoms with E-state index >= 15 is 0 Å². The largest absolute Gasteiger partial charge is 0.573 e. The van der Waals surface area contributed by atoms with E-state index in [1.807, 2.05) is 0 Å². The van der Waals surface area contributed by atoms with E-state index in [0.29, 0.717) is 6.07 Å². The van der Waals surface area contributed by atoms with Gasteiger partial charge in [0.05, 0.1) is 5.69 Å². The zero-order chi connectivity index (χ0) is 13.2. The number of ether oxygens (including phenoxy) is 1. The van der Waals surface area contributed by atoms with Gasteiger partial charge in [0.2, 0.25) is 5.75 Å². The van der Waals surface area contributed by atoms with Crippen LogP contribution in [0.4, 0.5) is 22.0 Å². The van der Waals surface area contributed by atoms with Crippen molar-refractivity contribution in [3.63, 3.8) is 0 Å². The second-order valence-corrected chi connectivity index (χ2v) is 2.76. The number of alkyl halides is 5. The van der Waals surface area contributed by atoms with Crippen molar-refractivity contribution in [2.75, 3.05) is 0 Å². The number of hydrogen-bond acceptors (Lipinski definition) is 3. The Morgan fingerprint density at radius 2 is 2.00 bits per heavy atom. The van der Waals surface area contributed by atoms with Crippen molar-refractivity contribution in [2.45, 2.75) is 12.8 Å². The van der Waals surface area contributed by atoms with Gasteiger partial charge in [0.15, 0.2) is 0 Å². The van der Waals surface area contributed by atoms with Gasteiger partial charge < -0.3 is 9.72 Å². The molecule has 0 spiro atoms. The van der Waals surface area contributed by atoms with E-state index in [9.17, 15) is 26.7 Å². The van der Waals surface area contributed by atoms with Crippen molar-refractivity contribution in [2.24, 2.45) is 0 Å². The molecule has 0 radical (unpaired) electrons. The van der Waals surface area contributed by atoms with E-state index in [1.54, 1.807) is 0 Å². The van der Waals surface area contributed by atoms with E-state index < -0.39 is 35.4 Å². The molecular weight excluding hydrogens is 251 g/mol. The summed E-state index contributed by atoms with van der Waals surface area (Å²) >= 11 is 0. The number of nitrogens with one attached hydrogen (secondary N) is 1. The minimum Gasteiger partial charge on any atom is -0.398 e. The van der Waals surface area contributed by atoms with Crippen LogP contribution in [0.25, 0.3) is 0 Å². The van der Waals surface area contributed by atoms with Gasteiger partial charge in [-0.05, 0) is 6.07 Å². The highest BCUT2D eigenvalue weighted by Crippen LogP contribution is 2.25. The predicted molar refractivity (Wildman–Crippen MR) is 43.4 cm³/mol. The van der Waals surface area contributed by atoms with Gasteiger partial charge in [0.25, 0.3) is 12.0 Å². The van der Waals surface area contributed by atoms with Crippen LogP contribution in [-0.2, 0) is 0 Å². The molecule has 0 aliphatic carbocycles. The molecule has 0 atom stereocenters. The van der Waals surface area contributed by atoms with Gasteiger partial charge in [-0.25, -0.2) is 8.78 Å². The van der Waals surface area contributed by atoms with Crippen LogP contribution in [-0.4, -0.2) is 11.3 Å². The highest BCUT2D eigenvalue weighted by Gasteiger charge is 2.34. The average molecular weight is 254 g/mol.